The highest BCUT2D eigenvalue weighted by Gasteiger charge is 2.43. The van der Waals surface area contributed by atoms with E-state index in [1.807, 2.05) is 32.9 Å². The second-order valence-corrected chi connectivity index (χ2v) is 8.06. The minimum atomic E-state index is -0.828. The van der Waals surface area contributed by atoms with E-state index in [2.05, 4.69) is 5.32 Å². The fourth-order valence-corrected chi connectivity index (χ4v) is 4.52. The number of hydrogen-bond acceptors (Lipinski definition) is 5. The third kappa shape index (κ3) is 4.41. The van der Waals surface area contributed by atoms with Gasteiger partial charge in [0.2, 0.25) is 5.91 Å². The highest BCUT2D eigenvalue weighted by atomic mass is 16.6. The van der Waals surface area contributed by atoms with Crippen LogP contribution < -0.4 is 5.32 Å². The van der Waals surface area contributed by atoms with Crippen LogP contribution in [0.2, 0.25) is 0 Å². The fourth-order valence-electron chi connectivity index (χ4n) is 4.52. The summed E-state index contributed by atoms with van der Waals surface area (Å²) in [5, 5.41) is 24.3. The van der Waals surface area contributed by atoms with Gasteiger partial charge in [0.25, 0.3) is 5.69 Å². The van der Waals surface area contributed by atoms with Crippen LogP contribution in [-0.4, -0.2) is 27.8 Å². The third-order valence-corrected chi connectivity index (χ3v) is 5.76. The number of nitro benzene ring substituents is 1. The van der Waals surface area contributed by atoms with E-state index in [0.717, 1.165) is 22.3 Å². The molecule has 2 N–H and O–H groups in total. The molecule has 0 aromatic heterocycles. The van der Waals surface area contributed by atoms with Crippen molar-refractivity contribution in [2.75, 3.05) is 0 Å². The average Bonchev–Trinajstić information content (AvgIpc) is 2.93. The SMILES string of the molecule is Cc1cc(C)c(C2C(=O)C(CC(=O)NCc3ccccc3[N+](=O)[O-])CC2O)c(C)c1. The summed E-state index contributed by atoms with van der Waals surface area (Å²) < 4.78 is 0. The molecule has 1 fully saturated rings. The van der Waals surface area contributed by atoms with Gasteiger partial charge in [0.1, 0.15) is 5.78 Å². The second kappa shape index (κ2) is 8.75. The van der Waals surface area contributed by atoms with Gasteiger partial charge in [0, 0.05) is 30.5 Å². The molecule has 2 aromatic rings. The molecule has 7 nitrogen and oxygen atoms in total. The number of aryl methyl sites for hydroxylation is 3. The molecular formula is C23H26N2O5. The van der Waals surface area contributed by atoms with Gasteiger partial charge in [-0.05, 0) is 43.9 Å². The van der Waals surface area contributed by atoms with E-state index in [0.29, 0.717) is 5.56 Å². The first kappa shape index (κ1) is 21.6. The molecule has 30 heavy (non-hydrogen) atoms. The van der Waals surface area contributed by atoms with Crippen molar-refractivity contribution in [3.8, 4) is 0 Å². The predicted molar refractivity (Wildman–Crippen MR) is 112 cm³/mol. The number of hydrogen-bond donors (Lipinski definition) is 2. The van der Waals surface area contributed by atoms with Crippen molar-refractivity contribution >= 4 is 17.4 Å². The van der Waals surface area contributed by atoms with E-state index >= 15 is 0 Å². The minimum absolute atomic E-state index is 0.0130. The highest BCUT2D eigenvalue weighted by Crippen LogP contribution is 2.40. The maximum absolute atomic E-state index is 13.0. The standard InChI is InChI=1S/C23H26N2O5/c1-13-8-14(2)21(15(3)9-13)22-19(26)10-17(23(22)28)11-20(27)24-12-16-6-4-5-7-18(16)25(29)30/h4-9,17,19,22,26H,10-12H2,1-3H3,(H,24,27). The van der Waals surface area contributed by atoms with E-state index in [-0.39, 0.29) is 36.8 Å². The van der Waals surface area contributed by atoms with Crippen molar-refractivity contribution in [3.63, 3.8) is 0 Å². The molecule has 1 saturated carbocycles. The molecule has 7 heteroatoms. The van der Waals surface area contributed by atoms with Crippen LogP contribution in [0.1, 0.15) is 46.6 Å². The van der Waals surface area contributed by atoms with Crippen LogP contribution in [0, 0.1) is 36.8 Å². The molecule has 0 saturated heterocycles. The topological polar surface area (TPSA) is 110 Å². The molecule has 158 valence electrons. The maximum atomic E-state index is 13.0. The fraction of sp³-hybridized carbons (Fsp3) is 0.391. The highest BCUT2D eigenvalue weighted by molar-refractivity contribution is 5.94. The number of aliphatic hydroxyl groups excluding tert-OH is 1. The number of amides is 1. The number of nitro groups is 1. The Hall–Kier alpha value is -3.06. The van der Waals surface area contributed by atoms with Crippen molar-refractivity contribution in [3.05, 3.63) is 74.3 Å². The molecular weight excluding hydrogens is 384 g/mol. The van der Waals surface area contributed by atoms with Crippen LogP contribution in [0.15, 0.2) is 36.4 Å². The summed E-state index contributed by atoms with van der Waals surface area (Å²) >= 11 is 0. The molecule has 0 heterocycles. The molecule has 1 aliphatic carbocycles. The lowest BCUT2D eigenvalue weighted by molar-refractivity contribution is -0.385. The van der Waals surface area contributed by atoms with Gasteiger partial charge in [0.15, 0.2) is 0 Å². The first-order chi connectivity index (χ1) is 14.2. The summed E-state index contributed by atoms with van der Waals surface area (Å²) in [6.07, 6.45) is -0.641. The van der Waals surface area contributed by atoms with Crippen LogP contribution in [0.3, 0.4) is 0 Å². The van der Waals surface area contributed by atoms with E-state index < -0.39 is 22.9 Å². The smallest absolute Gasteiger partial charge is 0.274 e. The third-order valence-electron chi connectivity index (χ3n) is 5.76. The van der Waals surface area contributed by atoms with Crippen molar-refractivity contribution in [2.45, 2.75) is 52.2 Å². The Morgan fingerprint density at radius 2 is 1.83 bits per heavy atom. The van der Waals surface area contributed by atoms with Crippen molar-refractivity contribution in [1.82, 2.24) is 5.32 Å². The van der Waals surface area contributed by atoms with E-state index in [1.54, 1.807) is 18.2 Å². The summed E-state index contributed by atoms with van der Waals surface area (Å²) in [5.74, 6) is -1.69. The summed E-state index contributed by atoms with van der Waals surface area (Å²) in [5.41, 5.74) is 4.21. The van der Waals surface area contributed by atoms with Crippen molar-refractivity contribution in [1.29, 1.82) is 0 Å². The maximum Gasteiger partial charge on any atom is 0.274 e. The Balaban J connectivity index is 1.68. The lowest BCUT2D eigenvalue weighted by Crippen LogP contribution is -2.27. The number of Topliss-reactive ketones (excluding diaryl/α,β-unsaturated/α-hetero) is 1. The number of aliphatic hydroxyl groups is 1. The van der Waals surface area contributed by atoms with Crippen LogP contribution in [-0.2, 0) is 16.1 Å². The van der Waals surface area contributed by atoms with Crippen molar-refractivity contribution in [2.24, 2.45) is 5.92 Å². The average molecular weight is 410 g/mol. The zero-order chi connectivity index (χ0) is 22.0. The summed E-state index contributed by atoms with van der Waals surface area (Å²) in [6, 6.07) is 10.2. The molecule has 3 atom stereocenters. The normalized spacial score (nSPS) is 20.9. The number of ketones is 1. The van der Waals surface area contributed by atoms with Gasteiger partial charge in [-0.15, -0.1) is 0 Å². The number of rotatable bonds is 6. The lowest BCUT2D eigenvalue weighted by Gasteiger charge is -2.19. The number of nitrogens with one attached hydrogen (secondary N) is 1. The zero-order valence-electron chi connectivity index (χ0n) is 17.3. The molecule has 1 amide bonds. The summed E-state index contributed by atoms with van der Waals surface area (Å²) in [4.78, 5) is 36.0. The largest absolute Gasteiger partial charge is 0.392 e. The van der Waals surface area contributed by atoms with Gasteiger partial charge >= 0.3 is 0 Å². The van der Waals surface area contributed by atoms with Gasteiger partial charge in [-0.1, -0.05) is 35.9 Å². The van der Waals surface area contributed by atoms with Gasteiger partial charge in [-0.3, -0.25) is 19.7 Å². The monoisotopic (exact) mass is 410 g/mol. The quantitative estimate of drug-likeness (QED) is 0.561. The molecule has 3 unspecified atom stereocenters. The van der Waals surface area contributed by atoms with Crippen LogP contribution in [0.4, 0.5) is 5.69 Å². The number of benzene rings is 2. The number of carbonyl (C=O) groups is 2. The number of para-hydroxylation sites is 1. The molecule has 0 aliphatic heterocycles. The van der Waals surface area contributed by atoms with E-state index in [1.165, 1.54) is 6.07 Å². The van der Waals surface area contributed by atoms with Gasteiger partial charge < -0.3 is 10.4 Å². The Morgan fingerprint density at radius 1 is 1.20 bits per heavy atom. The van der Waals surface area contributed by atoms with E-state index in [4.69, 9.17) is 0 Å². The first-order valence-electron chi connectivity index (χ1n) is 9.97. The van der Waals surface area contributed by atoms with Gasteiger partial charge in [-0.25, -0.2) is 0 Å². The van der Waals surface area contributed by atoms with Crippen LogP contribution >= 0.6 is 0 Å². The van der Waals surface area contributed by atoms with Gasteiger partial charge in [0.05, 0.1) is 16.9 Å². The zero-order valence-corrected chi connectivity index (χ0v) is 17.3. The van der Waals surface area contributed by atoms with Crippen molar-refractivity contribution < 1.29 is 19.6 Å². The molecule has 2 aromatic carbocycles. The van der Waals surface area contributed by atoms with Crippen LogP contribution in [0.25, 0.3) is 0 Å². The molecule has 3 rings (SSSR count). The molecule has 0 radical (unpaired) electrons. The molecule has 0 spiro atoms. The predicted octanol–water partition coefficient (Wildman–Crippen LogP) is 3.26. The number of carbonyl (C=O) groups excluding carboxylic acids is 2. The Bertz CT molecular complexity index is 978. The first-order valence-corrected chi connectivity index (χ1v) is 9.97. The summed E-state index contributed by atoms with van der Waals surface area (Å²) in [6.45, 7) is 5.87. The Kier molecular flexibility index (Phi) is 6.31. The van der Waals surface area contributed by atoms with E-state index in [9.17, 15) is 24.8 Å². The van der Waals surface area contributed by atoms with Gasteiger partial charge in [-0.2, -0.15) is 0 Å². The Morgan fingerprint density at radius 3 is 2.47 bits per heavy atom. The summed E-state index contributed by atoms with van der Waals surface area (Å²) in [7, 11) is 0. The number of nitrogens with zero attached hydrogens (tertiary/aromatic N) is 1. The lowest BCUT2D eigenvalue weighted by atomic mass is 9.86. The molecule has 1 aliphatic rings. The van der Waals surface area contributed by atoms with Crippen LogP contribution in [0.5, 0.6) is 0 Å². The Labute approximate surface area is 175 Å². The minimum Gasteiger partial charge on any atom is -0.392 e. The second-order valence-electron chi connectivity index (χ2n) is 8.06. The molecule has 0 bridgehead atoms.